The maximum absolute atomic E-state index is 12.7. The summed E-state index contributed by atoms with van der Waals surface area (Å²) < 4.78 is 27.9. The van der Waals surface area contributed by atoms with Crippen LogP contribution in [0.2, 0.25) is 5.02 Å². The second kappa shape index (κ2) is 6.36. The topological polar surface area (TPSA) is 58.2 Å². The largest absolute Gasteiger partial charge is 0.315 e. The Hall–Kier alpha value is -1.08. The molecule has 0 bridgehead atoms. The van der Waals surface area contributed by atoms with Gasteiger partial charge < -0.3 is 5.32 Å². The molecule has 1 heterocycles. The summed E-state index contributed by atoms with van der Waals surface area (Å²) in [6.07, 6.45) is 0. The Morgan fingerprint density at radius 2 is 2.00 bits per heavy atom. The number of thiophene rings is 1. The fourth-order valence-electron chi connectivity index (χ4n) is 2.04. The van der Waals surface area contributed by atoms with Gasteiger partial charge in [-0.05, 0) is 49.5 Å². The second-order valence-corrected chi connectivity index (χ2v) is 7.78. The first-order chi connectivity index (χ1) is 9.85. The van der Waals surface area contributed by atoms with E-state index in [1.54, 1.807) is 26.1 Å². The number of hydrogen-bond acceptors (Lipinski definition) is 4. The molecule has 0 aliphatic heterocycles. The van der Waals surface area contributed by atoms with Crippen LogP contribution in [0.25, 0.3) is 0 Å². The Bertz CT molecular complexity index is 754. The molecule has 4 nitrogen and oxygen atoms in total. The molecular weight excluding hydrogens is 328 g/mol. The summed E-state index contributed by atoms with van der Waals surface area (Å²) >= 11 is 7.50. The fourth-order valence-corrected chi connectivity index (χ4v) is 5.16. The molecule has 2 aromatic rings. The van der Waals surface area contributed by atoms with Crippen molar-refractivity contribution >= 4 is 38.6 Å². The lowest BCUT2D eigenvalue weighted by atomic mass is 10.2. The van der Waals surface area contributed by atoms with E-state index in [0.29, 0.717) is 22.2 Å². The molecule has 0 fully saturated rings. The van der Waals surface area contributed by atoms with Crippen molar-refractivity contribution in [1.82, 2.24) is 5.32 Å². The van der Waals surface area contributed by atoms with Gasteiger partial charge in [-0.1, -0.05) is 17.7 Å². The summed E-state index contributed by atoms with van der Waals surface area (Å²) in [5.41, 5.74) is 2.08. The monoisotopic (exact) mass is 344 g/mol. The first kappa shape index (κ1) is 16.3. The van der Waals surface area contributed by atoms with E-state index < -0.39 is 10.0 Å². The summed E-state index contributed by atoms with van der Waals surface area (Å²) in [6.45, 7) is 4.19. The average molecular weight is 345 g/mol. The van der Waals surface area contributed by atoms with E-state index in [4.69, 9.17) is 11.6 Å². The molecule has 0 atom stereocenters. The van der Waals surface area contributed by atoms with Gasteiger partial charge in [0, 0.05) is 11.4 Å². The van der Waals surface area contributed by atoms with Crippen LogP contribution in [0.15, 0.2) is 28.5 Å². The lowest BCUT2D eigenvalue weighted by Crippen LogP contribution is -2.17. The number of rotatable bonds is 5. The Morgan fingerprint density at radius 1 is 1.29 bits per heavy atom. The molecule has 21 heavy (non-hydrogen) atoms. The Labute approximate surface area is 134 Å². The van der Waals surface area contributed by atoms with Crippen molar-refractivity contribution in [2.24, 2.45) is 0 Å². The third-order valence-electron chi connectivity index (χ3n) is 2.96. The fraction of sp³-hybridized carbons (Fsp3) is 0.286. The molecule has 114 valence electrons. The van der Waals surface area contributed by atoms with Crippen LogP contribution >= 0.6 is 22.9 Å². The molecule has 2 N–H and O–H groups in total. The van der Waals surface area contributed by atoms with Gasteiger partial charge in [0.05, 0.1) is 10.7 Å². The molecule has 0 saturated heterocycles. The molecule has 0 unspecified atom stereocenters. The number of anilines is 1. The van der Waals surface area contributed by atoms with E-state index >= 15 is 0 Å². The quantitative estimate of drug-likeness (QED) is 0.872. The van der Waals surface area contributed by atoms with E-state index in [2.05, 4.69) is 10.0 Å². The molecule has 0 radical (unpaired) electrons. The van der Waals surface area contributed by atoms with E-state index in [1.807, 2.05) is 18.4 Å². The molecule has 2 rings (SSSR count). The molecule has 0 spiro atoms. The highest BCUT2D eigenvalue weighted by molar-refractivity contribution is 7.93. The summed E-state index contributed by atoms with van der Waals surface area (Å²) in [7, 11) is -1.87. The normalized spacial score (nSPS) is 11.6. The SMILES string of the molecule is CNCc1scc(C)c1S(=O)(=O)Nc1cc(C)ccc1Cl. The maximum atomic E-state index is 12.7. The summed E-state index contributed by atoms with van der Waals surface area (Å²) in [4.78, 5) is 1.12. The van der Waals surface area contributed by atoms with Gasteiger partial charge in [-0.2, -0.15) is 0 Å². The number of hydrogen-bond donors (Lipinski definition) is 2. The highest BCUT2D eigenvalue weighted by atomic mass is 35.5. The van der Waals surface area contributed by atoms with Gasteiger partial charge in [0.15, 0.2) is 0 Å². The van der Waals surface area contributed by atoms with Gasteiger partial charge in [0.1, 0.15) is 4.90 Å². The standard InChI is InChI=1S/C14H17ClN2O2S2/c1-9-4-5-11(15)12(6-9)17-21(18,19)14-10(2)8-20-13(14)7-16-3/h4-6,8,16-17H,7H2,1-3H3. The van der Waals surface area contributed by atoms with Crippen LogP contribution in [0.3, 0.4) is 0 Å². The smallest absolute Gasteiger partial charge is 0.263 e. The maximum Gasteiger partial charge on any atom is 0.263 e. The minimum Gasteiger partial charge on any atom is -0.315 e. The third-order valence-corrected chi connectivity index (χ3v) is 6.12. The predicted molar refractivity (Wildman–Crippen MR) is 88.8 cm³/mol. The van der Waals surface area contributed by atoms with Gasteiger partial charge in [0.25, 0.3) is 10.0 Å². The highest BCUT2D eigenvalue weighted by Gasteiger charge is 2.23. The lowest BCUT2D eigenvalue weighted by Gasteiger charge is -2.12. The van der Waals surface area contributed by atoms with Crippen LogP contribution in [-0.2, 0) is 16.6 Å². The number of benzene rings is 1. The molecule has 1 aromatic carbocycles. The summed E-state index contributed by atoms with van der Waals surface area (Å²) in [6, 6.07) is 5.24. The van der Waals surface area contributed by atoms with Crippen molar-refractivity contribution in [2.45, 2.75) is 25.3 Å². The van der Waals surface area contributed by atoms with Crippen LogP contribution in [0.5, 0.6) is 0 Å². The second-order valence-electron chi connectivity index (χ2n) is 4.79. The average Bonchev–Trinajstić information content (AvgIpc) is 2.76. The molecule has 0 aliphatic rings. The Kier molecular flexibility index (Phi) is 4.93. The number of nitrogens with one attached hydrogen (secondary N) is 2. The first-order valence-electron chi connectivity index (χ1n) is 6.35. The van der Waals surface area contributed by atoms with Crippen LogP contribution in [0.1, 0.15) is 16.0 Å². The van der Waals surface area contributed by atoms with Crippen molar-refractivity contribution < 1.29 is 8.42 Å². The molecule has 0 aliphatic carbocycles. The van der Waals surface area contributed by atoms with E-state index in [0.717, 1.165) is 16.0 Å². The van der Waals surface area contributed by atoms with E-state index in [-0.39, 0.29) is 0 Å². The van der Waals surface area contributed by atoms with Gasteiger partial charge in [-0.25, -0.2) is 8.42 Å². The van der Waals surface area contributed by atoms with Gasteiger partial charge in [0.2, 0.25) is 0 Å². The highest BCUT2D eigenvalue weighted by Crippen LogP contribution is 2.31. The number of aryl methyl sites for hydroxylation is 2. The molecule has 0 amide bonds. The molecule has 0 saturated carbocycles. The number of sulfonamides is 1. The van der Waals surface area contributed by atoms with Crippen LogP contribution in [0.4, 0.5) is 5.69 Å². The number of halogens is 1. The van der Waals surface area contributed by atoms with E-state index in [1.165, 1.54) is 11.3 Å². The summed E-state index contributed by atoms with van der Waals surface area (Å²) in [5.74, 6) is 0. The van der Waals surface area contributed by atoms with Crippen LogP contribution in [0, 0.1) is 13.8 Å². The van der Waals surface area contributed by atoms with Crippen molar-refractivity contribution in [3.05, 3.63) is 44.6 Å². The van der Waals surface area contributed by atoms with Crippen molar-refractivity contribution in [1.29, 1.82) is 0 Å². The summed E-state index contributed by atoms with van der Waals surface area (Å²) in [5, 5.41) is 5.21. The van der Waals surface area contributed by atoms with Crippen molar-refractivity contribution in [3.63, 3.8) is 0 Å². The van der Waals surface area contributed by atoms with Gasteiger partial charge in [-0.15, -0.1) is 11.3 Å². The van der Waals surface area contributed by atoms with Crippen LogP contribution < -0.4 is 10.0 Å². The van der Waals surface area contributed by atoms with Crippen molar-refractivity contribution in [3.8, 4) is 0 Å². The van der Waals surface area contributed by atoms with Gasteiger partial charge >= 0.3 is 0 Å². The molecular formula is C14H17ClN2O2S2. The van der Waals surface area contributed by atoms with Crippen molar-refractivity contribution in [2.75, 3.05) is 11.8 Å². The minimum absolute atomic E-state index is 0.333. The Morgan fingerprint density at radius 3 is 2.67 bits per heavy atom. The minimum atomic E-state index is -3.66. The molecule has 7 heteroatoms. The Balaban J connectivity index is 2.43. The van der Waals surface area contributed by atoms with Gasteiger partial charge in [-0.3, -0.25) is 4.72 Å². The zero-order valence-corrected chi connectivity index (χ0v) is 14.4. The van der Waals surface area contributed by atoms with E-state index in [9.17, 15) is 8.42 Å². The van der Waals surface area contributed by atoms with Crippen LogP contribution in [-0.4, -0.2) is 15.5 Å². The zero-order valence-electron chi connectivity index (χ0n) is 12.0. The third kappa shape index (κ3) is 3.58. The first-order valence-corrected chi connectivity index (χ1v) is 9.09. The predicted octanol–water partition coefficient (Wildman–Crippen LogP) is 3.54. The lowest BCUT2D eigenvalue weighted by molar-refractivity contribution is 0.599. The molecule has 1 aromatic heterocycles. The zero-order chi connectivity index (χ0) is 15.6.